The third kappa shape index (κ3) is 3.45. The summed E-state index contributed by atoms with van der Waals surface area (Å²) in [5.74, 6) is -1.13. The molecule has 0 bridgehead atoms. The van der Waals surface area contributed by atoms with E-state index >= 15 is 0 Å². The number of aliphatic carboxylic acids is 1. The van der Waals surface area contributed by atoms with Crippen LogP contribution in [0.4, 0.5) is 0 Å². The number of nitrogens with zero attached hydrogens (tertiary/aromatic N) is 1. The molecule has 0 spiro atoms. The molecule has 2 rings (SSSR count). The molecule has 5 heteroatoms. The molecule has 0 aromatic carbocycles. The molecule has 2 aliphatic rings. The van der Waals surface area contributed by atoms with Crippen LogP contribution in [0.1, 0.15) is 38.5 Å². The molecular weight excluding hydrogens is 234 g/mol. The third-order valence-corrected chi connectivity index (χ3v) is 3.80. The van der Waals surface area contributed by atoms with Crippen molar-refractivity contribution in [3.8, 4) is 0 Å². The number of hydrogen-bond acceptors (Lipinski definition) is 3. The Kier molecular flexibility index (Phi) is 4.58. The minimum atomic E-state index is -0.790. The van der Waals surface area contributed by atoms with Crippen LogP contribution in [0.15, 0.2) is 0 Å². The molecule has 0 aromatic rings. The molecule has 1 N–H and O–H groups in total. The molecule has 0 aliphatic carbocycles. The van der Waals surface area contributed by atoms with Gasteiger partial charge >= 0.3 is 5.97 Å². The lowest BCUT2D eigenvalue weighted by Gasteiger charge is -2.32. The van der Waals surface area contributed by atoms with E-state index in [1.54, 1.807) is 4.90 Å². The van der Waals surface area contributed by atoms with Gasteiger partial charge in [-0.15, -0.1) is 0 Å². The zero-order chi connectivity index (χ0) is 13.0. The summed E-state index contributed by atoms with van der Waals surface area (Å²) in [6.45, 7) is 1.80. The lowest BCUT2D eigenvalue weighted by Crippen LogP contribution is -2.43. The fourth-order valence-corrected chi connectivity index (χ4v) is 2.70. The van der Waals surface area contributed by atoms with Gasteiger partial charge in [-0.2, -0.15) is 0 Å². The summed E-state index contributed by atoms with van der Waals surface area (Å²) in [6, 6.07) is 0. The van der Waals surface area contributed by atoms with Crippen LogP contribution in [0.5, 0.6) is 0 Å². The van der Waals surface area contributed by atoms with Crippen LogP contribution in [0.2, 0.25) is 0 Å². The van der Waals surface area contributed by atoms with Gasteiger partial charge in [-0.1, -0.05) is 0 Å². The number of ether oxygens (including phenoxy) is 1. The summed E-state index contributed by atoms with van der Waals surface area (Å²) in [7, 11) is 0. The Morgan fingerprint density at radius 3 is 2.72 bits per heavy atom. The number of likely N-dealkylation sites (tertiary alicyclic amines) is 1. The molecule has 2 aliphatic heterocycles. The summed E-state index contributed by atoms with van der Waals surface area (Å²) in [4.78, 5) is 24.7. The molecule has 2 fully saturated rings. The van der Waals surface area contributed by atoms with E-state index in [0.29, 0.717) is 25.9 Å². The second-order valence-corrected chi connectivity index (χ2v) is 5.21. The molecule has 2 unspecified atom stereocenters. The molecule has 5 nitrogen and oxygen atoms in total. The van der Waals surface area contributed by atoms with Crippen LogP contribution >= 0.6 is 0 Å². The molecule has 18 heavy (non-hydrogen) atoms. The predicted molar refractivity (Wildman–Crippen MR) is 65.1 cm³/mol. The Morgan fingerprint density at radius 1 is 1.22 bits per heavy atom. The molecule has 2 atom stereocenters. The molecule has 0 saturated carbocycles. The van der Waals surface area contributed by atoms with Crippen LogP contribution in [0.25, 0.3) is 0 Å². The lowest BCUT2D eigenvalue weighted by atomic mass is 9.97. The van der Waals surface area contributed by atoms with Crippen molar-refractivity contribution in [2.75, 3.05) is 19.7 Å². The highest BCUT2D eigenvalue weighted by atomic mass is 16.5. The number of carbonyl (C=O) groups is 2. The normalized spacial score (nSPS) is 29.0. The van der Waals surface area contributed by atoms with Gasteiger partial charge in [0.15, 0.2) is 0 Å². The van der Waals surface area contributed by atoms with Crippen LogP contribution in [0, 0.1) is 5.92 Å². The molecule has 2 heterocycles. The Morgan fingerprint density at radius 2 is 2.06 bits per heavy atom. The van der Waals surface area contributed by atoms with E-state index in [1.165, 1.54) is 0 Å². The Bertz CT molecular complexity index is 312. The molecular formula is C13H21NO4. The summed E-state index contributed by atoms with van der Waals surface area (Å²) in [5.41, 5.74) is 0. The van der Waals surface area contributed by atoms with Crippen molar-refractivity contribution >= 4 is 11.9 Å². The summed E-state index contributed by atoms with van der Waals surface area (Å²) in [5, 5.41) is 9.00. The minimum Gasteiger partial charge on any atom is -0.481 e. The van der Waals surface area contributed by atoms with E-state index in [4.69, 9.17) is 9.84 Å². The number of carboxylic acids is 1. The first-order chi connectivity index (χ1) is 8.66. The highest BCUT2D eigenvalue weighted by Gasteiger charge is 2.29. The molecule has 0 aromatic heterocycles. The minimum absolute atomic E-state index is 0.0384. The second kappa shape index (κ2) is 6.18. The Hall–Kier alpha value is -1.10. The molecule has 2 saturated heterocycles. The average molecular weight is 255 g/mol. The Balaban J connectivity index is 1.82. The third-order valence-electron chi connectivity index (χ3n) is 3.80. The first-order valence-corrected chi connectivity index (χ1v) is 6.79. The maximum absolute atomic E-state index is 12.1. The highest BCUT2D eigenvalue weighted by molar-refractivity contribution is 5.78. The van der Waals surface area contributed by atoms with Crippen LogP contribution in [0.3, 0.4) is 0 Å². The highest BCUT2D eigenvalue weighted by Crippen LogP contribution is 2.20. The standard InChI is InChI=1S/C13H21NO4/c15-12(8-11-5-1-2-7-18-11)14-6-3-4-10(9-14)13(16)17/h10-11H,1-9H2,(H,16,17). The van der Waals surface area contributed by atoms with Gasteiger partial charge in [0.2, 0.25) is 5.91 Å². The van der Waals surface area contributed by atoms with E-state index in [0.717, 1.165) is 32.3 Å². The van der Waals surface area contributed by atoms with Gasteiger partial charge in [-0.05, 0) is 32.1 Å². The topological polar surface area (TPSA) is 66.8 Å². The molecule has 102 valence electrons. The van der Waals surface area contributed by atoms with Crippen molar-refractivity contribution in [2.45, 2.75) is 44.6 Å². The van der Waals surface area contributed by atoms with Crippen molar-refractivity contribution in [3.63, 3.8) is 0 Å². The number of hydrogen-bond donors (Lipinski definition) is 1. The number of piperidine rings is 1. The second-order valence-electron chi connectivity index (χ2n) is 5.21. The van der Waals surface area contributed by atoms with Crippen LogP contribution in [-0.2, 0) is 14.3 Å². The maximum atomic E-state index is 12.1. The summed E-state index contributed by atoms with van der Waals surface area (Å²) >= 11 is 0. The van der Waals surface area contributed by atoms with Crippen molar-refractivity contribution in [1.82, 2.24) is 4.90 Å². The van der Waals surface area contributed by atoms with Crippen molar-refractivity contribution in [1.29, 1.82) is 0 Å². The molecule has 0 radical (unpaired) electrons. The van der Waals surface area contributed by atoms with Crippen molar-refractivity contribution in [3.05, 3.63) is 0 Å². The lowest BCUT2D eigenvalue weighted by molar-refractivity contribution is -0.146. The van der Waals surface area contributed by atoms with Gasteiger partial charge < -0.3 is 14.7 Å². The van der Waals surface area contributed by atoms with Gasteiger partial charge in [0.25, 0.3) is 0 Å². The van der Waals surface area contributed by atoms with E-state index in [9.17, 15) is 9.59 Å². The zero-order valence-corrected chi connectivity index (χ0v) is 10.6. The number of carbonyl (C=O) groups excluding carboxylic acids is 1. The van der Waals surface area contributed by atoms with Crippen molar-refractivity contribution in [2.24, 2.45) is 5.92 Å². The predicted octanol–water partition coefficient (Wildman–Crippen LogP) is 1.27. The average Bonchev–Trinajstić information content (AvgIpc) is 2.40. The first kappa shape index (κ1) is 13.3. The SMILES string of the molecule is O=C(O)C1CCCN(C(=O)CC2CCCCO2)C1. The van der Waals surface area contributed by atoms with Gasteiger partial charge in [-0.25, -0.2) is 0 Å². The number of amides is 1. The van der Waals surface area contributed by atoms with E-state index in [1.807, 2.05) is 0 Å². The smallest absolute Gasteiger partial charge is 0.308 e. The number of carboxylic acid groups (broad SMARTS) is 1. The Labute approximate surface area is 107 Å². The largest absolute Gasteiger partial charge is 0.481 e. The number of rotatable bonds is 3. The van der Waals surface area contributed by atoms with E-state index in [2.05, 4.69) is 0 Å². The fraction of sp³-hybridized carbons (Fsp3) is 0.846. The van der Waals surface area contributed by atoms with Crippen LogP contribution < -0.4 is 0 Å². The van der Waals surface area contributed by atoms with Crippen LogP contribution in [-0.4, -0.2) is 47.7 Å². The maximum Gasteiger partial charge on any atom is 0.308 e. The van der Waals surface area contributed by atoms with Gasteiger partial charge in [0.1, 0.15) is 0 Å². The molecule has 1 amide bonds. The summed E-state index contributed by atoms with van der Waals surface area (Å²) in [6.07, 6.45) is 5.06. The van der Waals surface area contributed by atoms with Gasteiger partial charge in [0, 0.05) is 19.7 Å². The summed E-state index contributed by atoms with van der Waals surface area (Å²) < 4.78 is 5.55. The van der Waals surface area contributed by atoms with Gasteiger partial charge in [0.05, 0.1) is 18.4 Å². The zero-order valence-electron chi connectivity index (χ0n) is 10.6. The van der Waals surface area contributed by atoms with E-state index in [-0.39, 0.29) is 12.0 Å². The van der Waals surface area contributed by atoms with Gasteiger partial charge in [-0.3, -0.25) is 9.59 Å². The van der Waals surface area contributed by atoms with E-state index < -0.39 is 11.9 Å². The quantitative estimate of drug-likeness (QED) is 0.824. The first-order valence-electron chi connectivity index (χ1n) is 6.79. The van der Waals surface area contributed by atoms with Crippen molar-refractivity contribution < 1.29 is 19.4 Å². The fourth-order valence-electron chi connectivity index (χ4n) is 2.70. The monoisotopic (exact) mass is 255 g/mol.